The van der Waals surface area contributed by atoms with Crippen LogP contribution in [0, 0.1) is 0 Å². The Hall–Kier alpha value is -1.32. The summed E-state index contributed by atoms with van der Waals surface area (Å²) < 4.78 is 2.03. The number of carbonyl (C=O) groups is 1. The Balaban J connectivity index is 2.04. The Morgan fingerprint density at radius 2 is 2.27 bits per heavy atom. The average Bonchev–Trinajstić information content (AvgIpc) is 2.63. The molecule has 0 aliphatic heterocycles. The van der Waals surface area contributed by atoms with Gasteiger partial charge in [-0.3, -0.25) is 4.79 Å². The molecule has 0 aliphatic carbocycles. The highest BCUT2D eigenvalue weighted by Gasteiger charge is 2.02. The molecule has 1 amide bonds. The SMILES string of the molecule is CC(C)NC(=O)CCCCn1ccnc1. The fourth-order valence-corrected chi connectivity index (χ4v) is 1.39. The Bertz CT molecular complexity index is 280. The zero-order chi connectivity index (χ0) is 11.1. The molecule has 84 valence electrons. The number of aromatic nitrogens is 2. The Morgan fingerprint density at radius 1 is 1.47 bits per heavy atom. The molecule has 0 spiro atoms. The number of imidazole rings is 1. The number of carbonyl (C=O) groups excluding carboxylic acids is 1. The summed E-state index contributed by atoms with van der Waals surface area (Å²) in [5.74, 6) is 0.149. The molecule has 1 aromatic rings. The van der Waals surface area contributed by atoms with E-state index in [9.17, 15) is 4.79 Å². The van der Waals surface area contributed by atoms with E-state index in [2.05, 4.69) is 10.3 Å². The molecule has 0 fully saturated rings. The van der Waals surface area contributed by atoms with Gasteiger partial charge in [-0.2, -0.15) is 0 Å². The van der Waals surface area contributed by atoms with Crippen molar-refractivity contribution >= 4 is 5.91 Å². The smallest absolute Gasteiger partial charge is 0.220 e. The van der Waals surface area contributed by atoms with Gasteiger partial charge in [0.25, 0.3) is 0 Å². The van der Waals surface area contributed by atoms with E-state index in [0.29, 0.717) is 6.42 Å². The van der Waals surface area contributed by atoms with E-state index in [1.165, 1.54) is 0 Å². The number of hydrogen-bond acceptors (Lipinski definition) is 2. The van der Waals surface area contributed by atoms with Crippen molar-refractivity contribution in [2.45, 2.75) is 45.7 Å². The quantitative estimate of drug-likeness (QED) is 0.723. The summed E-state index contributed by atoms with van der Waals surface area (Å²) >= 11 is 0. The van der Waals surface area contributed by atoms with Crippen molar-refractivity contribution in [1.29, 1.82) is 0 Å². The normalized spacial score (nSPS) is 10.6. The Labute approximate surface area is 90.7 Å². The number of amides is 1. The maximum atomic E-state index is 11.3. The van der Waals surface area contributed by atoms with Gasteiger partial charge in [0.1, 0.15) is 0 Å². The fraction of sp³-hybridized carbons (Fsp3) is 0.636. The topological polar surface area (TPSA) is 46.9 Å². The molecule has 1 N–H and O–H groups in total. The van der Waals surface area contributed by atoms with Crippen LogP contribution in [0.4, 0.5) is 0 Å². The van der Waals surface area contributed by atoms with Crippen LogP contribution in [-0.4, -0.2) is 21.5 Å². The van der Waals surface area contributed by atoms with Crippen molar-refractivity contribution in [3.63, 3.8) is 0 Å². The fourth-order valence-electron chi connectivity index (χ4n) is 1.39. The van der Waals surface area contributed by atoms with Crippen LogP contribution in [0.1, 0.15) is 33.1 Å². The lowest BCUT2D eigenvalue weighted by atomic mass is 10.2. The summed E-state index contributed by atoms with van der Waals surface area (Å²) in [5.41, 5.74) is 0. The maximum Gasteiger partial charge on any atom is 0.220 e. The van der Waals surface area contributed by atoms with Crippen LogP contribution in [0.15, 0.2) is 18.7 Å². The first-order valence-electron chi connectivity index (χ1n) is 5.43. The second-order valence-corrected chi connectivity index (χ2v) is 3.98. The molecule has 0 unspecified atom stereocenters. The highest BCUT2D eigenvalue weighted by molar-refractivity contribution is 5.76. The van der Waals surface area contributed by atoms with Crippen LogP contribution >= 0.6 is 0 Å². The van der Waals surface area contributed by atoms with Gasteiger partial charge in [-0.1, -0.05) is 0 Å². The summed E-state index contributed by atoms with van der Waals surface area (Å²) in [6, 6.07) is 0.242. The molecule has 0 saturated heterocycles. The van der Waals surface area contributed by atoms with E-state index in [1.54, 1.807) is 12.5 Å². The van der Waals surface area contributed by atoms with Crippen LogP contribution in [-0.2, 0) is 11.3 Å². The third kappa shape index (κ3) is 5.20. The zero-order valence-electron chi connectivity index (χ0n) is 9.44. The highest BCUT2D eigenvalue weighted by atomic mass is 16.1. The highest BCUT2D eigenvalue weighted by Crippen LogP contribution is 1.99. The van der Waals surface area contributed by atoms with Crippen molar-refractivity contribution in [2.24, 2.45) is 0 Å². The predicted molar refractivity (Wildman–Crippen MR) is 59.4 cm³/mol. The minimum atomic E-state index is 0.149. The predicted octanol–water partition coefficient (Wildman–Crippen LogP) is 1.58. The zero-order valence-corrected chi connectivity index (χ0v) is 9.44. The largest absolute Gasteiger partial charge is 0.354 e. The van der Waals surface area contributed by atoms with Crippen molar-refractivity contribution in [3.05, 3.63) is 18.7 Å². The monoisotopic (exact) mass is 209 g/mol. The average molecular weight is 209 g/mol. The maximum absolute atomic E-state index is 11.3. The van der Waals surface area contributed by atoms with Gasteiger partial charge in [-0.15, -0.1) is 0 Å². The van der Waals surface area contributed by atoms with Crippen LogP contribution in [0.3, 0.4) is 0 Å². The van der Waals surface area contributed by atoms with E-state index < -0.39 is 0 Å². The van der Waals surface area contributed by atoms with Gasteiger partial charge in [0.15, 0.2) is 0 Å². The van der Waals surface area contributed by atoms with Gasteiger partial charge >= 0.3 is 0 Å². The molecule has 0 aromatic carbocycles. The lowest BCUT2D eigenvalue weighted by Crippen LogP contribution is -2.29. The number of nitrogens with zero attached hydrogens (tertiary/aromatic N) is 2. The second kappa shape index (κ2) is 6.22. The molecule has 0 saturated carbocycles. The number of hydrogen-bond donors (Lipinski definition) is 1. The molecule has 1 aromatic heterocycles. The lowest BCUT2D eigenvalue weighted by molar-refractivity contribution is -0.121. The minimum Gasteiger partial charge on any atom is -0.354 e. The third-order valence-electron chi connectivity index (χ3n) is 2.08. The molecule has 0 bridgehead atoms. The summed E-state index contributed by atoms with van der Waals surface area (Å²) in [6.45, 7) is 4.89. The van der Waals surface area contributed by atoms with Crippen molar-refractivity contribution in [2.75, 3.05) is 0 Å². The van der Waals surface area contributed by atoms with Gasteiger partial charge in [0.2, 0.25) is 5.91 Å². The molecular formula is C11H19N3O. The van der Waals surface area contributed by atoms with Gasteiger partial charge in [-0.05, 0) is 26.7 Å². The molecule has 0 atom stereocenters. The first-order chi connectivity index (χ1) is 7.18. The summed E-state index contributed by atoms with van der Waals surface area (Å²) in [4.78, 5) is 15.2. The molecule has 1 rings (SSSR count). The Kier molecular flexibility index (Phi) is 4.87. The molecular weight excluding hydrogens is 190 g/mol. The second-order valence-electron chi connectivity index (χ2n) is 3.98. The number of nitrogens with one attached hydrogen (secondary N) is 1. The van der Waals surface area contributed by atoms with Crippen LogP contribution in [0.5, 0.6) is 0 Å². The minimum absolute atomic E-state index is 0.149. The van der Waals surface area contributed by atoms with E-state index in [4.69, 9.17) is 0 Å². The lowest BCUT2D eigenvalue weighted by Gasteiger charge is -2.07. The summed E-state index contributed by atoms with van der Waals surface area (Å²) in [7, 11) is 0. The number of rotatable bonds is 6. The van der Waals surface area contributed by atoms with Gasteiger partial charge in [0.05, 0.1) is 6.33 Å². The first kappa shape index (κ1) is 11.8. The van der Waals surface area contributed by atoms with Crippen LogP contribution in [0.25, 0.3) is 0 Å². The first-order valence-corrected chi connectivity index (χ1v) is 5.43. The van der Waals surface area contributed by atoms with Gasteiger partial charge < -0.3 is 9.88 Å². The number of unbranched alkanes of at least 4 members (excludes halogenated alkanes) is 1. The van der Waals surface area contributed by atoms with E-state index >= 15 is 0 Å². The van der Waals surface area contributed by atoms with E-state index in [-0.39, 0.29) is 11.9 Å². The van der Waals surface area contributed by atoms with E-state index in [1.807, 2.05) is 24.6 Å². The molecule has 0 radical (unpaired) electrons. The summed E-state index contributed by atoms with van der Waals surface area (Å²) in [6.07, 6.45) is 8.07. The third-order valence-corrected chi connectivity index (χ3v) is 2.08. The standard InChI is InChI=1S/C11H19N3O/c1-10(2)13-11(15)5-3-4-7-14-8-6-12-9-14/h6,8-10H,3-5,7H2,1-2H3,(H,13,15). The van der Waals surface area contributed by atoms with E-state index in [0.717, 1.165) is 19.4 Å². The Morgan fingerprint density at radius 3 is 2.87 bits per heavy atom. The van der Waals surface area contributed by atoms with Crippen molar-refractivity contribution in [3.8, 4) is 0 Å². The molecule has 4 nitrogen and oxygen atoms in total. The van der Waals surface area contributed by atoms with Gasteiger partial charge in [-0.25, -0.2) is 4.98 Å². The van der Waals surface area contributed by atoms with Crippen molar-refractivity contribution in [1.82, 2.24) is 14.9 Å². The van der Waals surface area contributed by atoms with Gasteiger partial charge in [0, 0.05) is 31.4 Å². The number of aryl methyl sites for hydroxylation is 1. The molecule has 4 heteroatoms. The molecule has 15 heavy (non-hydrogen) atoms. The summed E-state index contributed by atoms with van der Waals surface area (Å²) in [5, 5.41) is 2.88. The van der Waals surface area contributed by atoms with Crippen molar-refractivity contribution < 1.29 is 4.79 Å². The molecule has 0 aliphatic rings. The van der Waals surface area contributed by atoms with Crippen LogP contribution in [0.2, 0.25) is 0 Å². The molecule has 1 heterocycles. The van der Waals surface area contributed by atoms with Crippen LogP contribution < -0.4 is 5.32 Å².